The summed E-state index contributed by atoms with van der Waals surface area (Å²) in [5.74, 6) is 0.822. The van der Waals surface area contributed by atoms with Crippen LogP contribution in [0.5, 0.6) is 0 Å². The molecule has 0 aliphatic heterocycles. The van der Waals surface area contributed by atoms with E-state index in [4.69, 9.17) is 12.2 Å². The van der Waals surface area contributed by atoms with Gasteiger partial charge in [-0.05, 0) is 37.7 Å². The third-order valence-corrected chi connectivity index (χ3v) is 5.30. The molecule has 2 aromatic heterocycles. The zero-order valence-corrected chi connectivity index (χ0v) is 17.1. The van der Waals surface area contributed by atoms with E-state index in [0.717, 1.165) is 24.4 Å². The molecule has 1 N–H and O–H groups in total. The van der Waals surface area contributed by atoms with Gasteiger partial charge in [-0.2, -0.15) is 14.9 Å². The maximum atomic E-state index is 5.31. The van der Waals surface area contributed by atoms with Crippen molar-refractivity contribution in [2.24, 2.45) is 5.10 Å². The molecule has 0 radical (unpaired) electrons. The van der Waals surface area contributed by atoms with Crippen LogP contribution in [0.1, 0.15) is 35.1 Å². The van der Waals surface area contributed by atoms with Crippen LogP contribution in [0.3, 0.4) is 0 Å². The SMILES string of the molecule is CCc1n[nH]c(=S)n1/N=C\c1c(C)n(Cc2cccc(C)c2)c2ccccc12. The lowest BCUT2D eigenvalue weighted by Crippen LogP contribution is -2.03. The van der Waals surface area contributed by atoms with Crippen molar-refractivity contribution in [1.82, 2.24) is 19.4 Å². The maximum Gasteiger partial charge on any atom is 0.216 e. The van der Waals surface area contributed by atoms with E-state index in [1.165, 1.54) is 27.7 Å². The summed E-state index contributed by atoms with van der Waals surface area (Å²) in [5, 5.41) is 12.9. The van der Waals surface area contributed by atoms with Gasteiger partial charge >= 0.3 is 0 Å². The average molecular weight is 390 g/mol. The Kier molecular flexibility index (Phi) is 4.96. The van der Waals surface area contributed by atoms with Gasteiger partial charge in [0, 0.05) is 35.1 Å². The van der Waals surface area contributed by atoms with Crippen molar-refractivity contribution in [2.45, 2.75) is 33.7 Å². The number of aryl methyl sites for hydroxylation is 2. The molecule has 0 saturated carbocycles. The Morgan fingerprint density at radius 1 is 1.14 bits per heavy atom. The average Bonchev–Trinajstić information content (AvgIpc) is 3.18. The number of H-pyrrole nitrogens is 1. The van der Waals surface area contributed by atoms with Gasteiger partial charge in [0.1, 0.15) is 0 Å². The predicted molar refractivity (Wildman–Crippen MR) is 117 cm³/mol. The van der Waals surface area contributed by atoms with E-state index in [2.05, 4.69) is 82.2 Å². The Balaban J connectivity index is 1.81. The van der Waals surface area contributed by atoms with Crippen molar-refractivity contribution in [3.63, 3.8) is 0 Å². The molecule has 142 valence electrons. The monoisotopic (exact) mass is 389 g/mol. The van der Waals surface area contributed by atoms with E-state index in [9.17, 15) is 0 Å². The summed E-state index contributed by atoms with van der Waals surface area (Å²) in [6.07, 6.45) is 2.66. The van der Waals surface area contributed by atoms with Crippen molar-refractivity contribution < 1.29 is 0 Å². The number of fused-ring (bicyclic) bond motifs is 1. The number of aromatic nitrogens is 4. The van der Waals surface area contributed by atoms with Crippen molar-refractivity contribution in [3.05, 3.63) is 81.5 Å². The van der Waals surface area contributed by atoms with Gasteiger partial charge in [-0.25, -0.2) is 0 Å². The van der Waals surface area contributed by atoms with Crippen molar-refractivity contribution >= 4 is 29.3 Å². The summed E-state index contributed by atoms with van der Waals surface area (Å²) in [4.78, 5) is 0. The number of nitrogens with one attached hydrogen (secondary N) is 1. The summed E-state index contributed by atoms with van der Waals surface area (Å²) in [6.45, 7) is 7.14. The Bertz CT molecular complexity index is 1230. The molecule has 4 rings (SSSR count). The lowest BCUT2D eigenvalue weighted by Gasteiger charge is -2.09. The van der Waals surface area contributed by atoms with Crippen LogP contribution in [0.4, 0.5) is 0 Å². The molecule has 0 bridgehead atoms. The first-order valence-corrected chi connectivity index (χ1v) is 9.83. The van der Waals surface area contributed by atoms with Crippen LogP contribution in [-0.2, 0) is 13.0 Å². The largest absolute Gasteiger partial charge is 0.340 e. The Morgan fingerprint density at radius 2 is 1.96 bits per heavy atom. The van der Waals surface area contributed by atoms with Gasteiger partial charge in [0.15, 0.2) is 5.82 Å². The fraction of sp³-hybridized carbons (Fsp3) is 0.227. The fourth-order valence-electron chi connectivity index (χ4n) is 3.61. The van der Waals surface area contributed by atoms with Crippen LogP contribution in [0.15, 0.2) is 53.6 Å². The molecule has 0 aliphatic rings. The first-order valence-electron chi connectivity index (χ1n) is 9.42. The van der Waals surface area contributed by atoms with Crippen molar-refractivity contribution in [1.29, 1.82) is 0 Å². The molecule has 0 unspecified atom stereocenters. The number of hydrogen-bond donors (Lipinski definition) is 1. The molecule has 0 fully saturated rings. The van der Waals surface area contributed by atoms with Gasteiger partial charge in [0.2, 0.25) is 4.77 Å². The van der Waals surface area contributed by atoms with Crippen molar-refractivity contribution in [2.75, 3.05) is 0 Å². The molecule has 2 heterocycles. The second-order valence-electron chi connectivity index (χ2n) is 6.95. The standard InChI is InChI=1S/C22H23N5S/c1-4-21-24-25-22(28)27(21)23-13-19-16(3)26(20-11-6-5-10-18(19)20)14-17-9-7-8-15(2)12-17/h5-13H,4,14H2,1-3H3,(H,25,28)/b23-13-. The first-order chi connectivity index (χ1) is 13.6. The van der Waals surface area contributed by atoms with Gasteiger partial charge in [0.25, 0.3) is 0 Å². The van der Waals surface area contributed by atoms with Gasteiger partial charge < -0.3 is 4.57 Å². The lowest BCUT2D eigenvalue weighted by atomic mass is 10.1. The number of nitrogens with zero attached hydrogens (tertiary/aromatic N) is 4. The Morgan fingerprint density at radius 3 is 2.75 bits per heavy atom. The molecule has 28 heavy (non-hydrogen) atoms. The number of aromatic amines is 1. The zero-order valence-electron chi connectivity index (χ0n) is 16.3. The third-order valence-electron chi connectivity index (χ3n) is 5.04. The zero-order chi connectivity index (χ0) is 19.7. The molecule has 0 atom stereocenters. The van der Waals surface area contributed by atoms with E-state index in [1.54, 1.807) is 4.68 Å². The minimum atomic E-state index is 0.509. The summed E-state index contributed by atoms with van der Waals surface area (Å²) >= 11 is 5.31. The summed E-state index contributed by atoms with van der Waals surface area (Å²) in [6, 6.07) is 17.1. The van der Waals surface area contributed by atoms with Crippen LogP contribution in [0, 0.1) is 18.6 Å². The number of rotatable bonds is 5. The third kappa shape index (κ3) is 3.31. The number of para-hydroxylation sites is 1. The quantitative estimate of drug-likeness (QED) is 0.385. The Labute approximate surface area is 169 Å². The topological polar surface area (TPSA) is 50.9 Å². The van der Waals surface area contributed by atoms with Crippen LogP contribution >= 0.6 is 12.2 Å². The van der Waals surface area contributed by atoms with Gasteiger partial charge in [0.05, 0.1) is 6.21 Å². The molecule has 2 aromatic carbocycles. The lowest BCUT2D eigenvalue weighted by molar-refractivity contribution is 0.778. The number of hydrogen-bond acceptors (Lipinski definition) is 3. The highest BCUT2D eigenvalue weighted by molar-refractivity contribution is 7.71. The normalized spacial score (nSPS) is 11.7. The van der Waals surface area contributed by atoms with E-state index in [1.807, 2.05) is 13.1 Å². The Hall–Kier alpha value is -2.99. The van der Waals surface area contributed by atoms with Crippen LogP contribution in [-0.4, -0.2) is 25.7 Å². The van der Waals surface area contributed by atoms with E-state index in [-0.39, 0.29) is 0 Å². The first kappa shape index (κ1) is 18.4. The van der Waals surface area contributed by atoms with Crippen LogP contribution in [0.2, 0.25) is 0 Å². The molecule has 0 aliphatic carbocycles. The molecule has 0 amide bonds. The molecular formula is C22H23N5S. The van der Waals surface area contributed by atoms with E-state index >= 15 is 0 Å². The van der Waals surface area contributed by atoms with Gasteiger partial charge in [-0.1, -0.05) is 55.0 Å². The number of benzene rings is 2. The second kappa shape index (κ2) is 7.56. The summed E-state index contributed by atoms with van der Waals surface area (Å²) in [7, 11) is 0. The summed E-state index contributed by atoms with van der Waals surface area (Å²) < 4.78 is 4.55. The van der Waals surface area contributed by atoms with E-state index < -0.39 is 0 Å². The molecule has 0 spiro atoms. The highest BCUT2D eigenvalue weighted by Crippen LogP contribution is 2.26. The minimum absolute atomic E-state index is 0.509. The molecule has 4 aromatic rings. The highest BCUT2D eigenvalue weighted by atomic mass is 32.1. The maximum absolute atomic E-state index is 5.31. The second-order valence-corrected chi connectivity index (χ2v) is 7.33. The summed E-state index contributed by atoms with van der Waals surface area (Å²) in [5.41, 5.74) is 6.05. The molecular weight excluding hydrogens is 366 g/mol. The smallest absolute Gasteiger partial charge is 0.216 e. The van der Waals surface area contributed by atoms with Gasteiger partial charge in [-0.3, -0.25) is 5.10 Å². The fourth-order valence-corrected chi connectivity index (χ4v) is 3.80. The van der Waals surface area contributed by atoms with E-state index in [0.29, 0.717) is 4.77 Å². The minimum Gasteiger partial charge on any atom is -0.340 e. The van der Waals surface area contributed by atoms with Crippen LogP contribution < -0.4 is 0 Å². The van der Waals surface area contributed by atoms with Crippen molar-refractivity contribution in [3.8, 4) is 0 Å². The van der Waals surface area contributed by atoms with Gasteiger partial charge in [-0.15, -0.1) is 0 Å². The molecule has 5 nitrogen and oxygen atoms in total. The molecule has 6 heteroatoms. The predicted octanol–water partition coefficient (Wildman–Crippen LogP) is 5.01. The van der Waals surface area contributed by atoms with Crippen LogP contribution in [0.25, 0.3) is 10.9 Å². The highest BCUT2D eigenvalue weighted by Gasteiger charge is 2.13. The molecule has 0 saturated heterocycles.